The highest BCUT2D eigenvalue weighted by molar-refractivity contribution is 6.25. The molecule has 0 aliphatic carbocycles. The van der Waals surface area contributed by atoms with Crippen LogP contribution in [0.3, 0.4) is 0 Å². The van der Waals surface area contributed by atoms with E-state index in [0.29, 0.717) is 37.9 Å². The van der Waals surface area contributed by atoms with Crippen LogP contribution in [0.2, 0.25) is 0 Å². The summed E-state index contributed by atoms with van der Waals surface area (Å²) in [5.41, 5.74) is 8.69. The fourth-order valence-corrected chi connectivity index (χ4v) is 14.0. The van der Waals surface area contributed by atoms with Crippen molar-refractivity contribution in [3.8, 4) is 0 Å². The van der Waals surface area contributed by atoms with Gasteiger partial charge in [-0.2, -0.15) is 0 Å². The molecule has 2 heterocycles. The van der Waals surface area contributed by atoms with Gasteiger partial charge in [-0.05, 0) is 184 Å². The highest BCUT2D eigenvalue weighted by atomic mass is 16.3. The van der Waals surface area contributed by atoms with Gasteiger partial charge in [0.1, 0.15) is 22.3 Å². The van der Waals surface area contributed by atoms with Gasteiger partial charge in [-0.15, -0.1) is 0 Å². The van der Waals surface area contributed by atoms with Gasteiger partial charge < -0.3 is 8.83 Å². The molecule has 0 unspecified atom stereocenters. The third-order valence-corrected chi connectivity index (χ3v) is 19.4. The van der Waals surface area contributed by atoms with Gasteiger partial charge in [-0.1, -0.05) is 650 Å². The summed E-state index contributed by atoms with van der Waals surface area (Å²) >= 11 is 0. The standard InChI is InChI=1S/C18H12.C16H10O.2C14H10.C12H8O.2C10H8.C7H8.C6H6.7C5H12.C3H8/c1-2-8-14-13(7-1)15-9-3-4-11-17(15)18-12-6-5-10-16(14)18;1-2-6-12-11(5-1)9-10-14-13-7-3-4-8-15(13)17-16(12)14;1-3-7-13-11(5-1)9-10-12-6-2-4-8-14(12)13;1-2-6-12-10-14-8-4-3-7-13(14)9-11(12)5-1;1-3-7-11-9(5-1)10-6-2-4-8-12(10)13-11;2*1-2-6-10-8-4-3-7-9(10)5-1;1-7-5-3-2-4-6-7;1-2-4-6-5-3-1;7*1-5(2,3)4;1-3-2/h1-12H;1-10H;2*1-10H;1-8H;2*1-8H;2-6H,1H3;1-6H;7*1-4H3;3H2,1-2H3. The smallest absolute Gasteiger partial charge is 0.143 e. The summed E-state index contributed by atoms with van der Waals surface area (Å²) in [6.07, 6.45) is 1.25. The van der Waals surface area contributed by atoms with Crippen molar-refractivity contribution in [2.45, 2.75) is 221 Å². The molecule has 0 N–H and O–H groups in total. The molecule has 2 nitrogen and oxygen atoms in total. The van der Waals surface area contributed by atoms with Gasteiger partial charge in [0, 0.05) is 26.9 Å². The molecule has 764 valence electrons. The molecule has 0 amide bonds. The number of para-hydroxylation sites is 3. The summed E-state index contributed by atoms with van der Waals surface area (Å²) in [5, 5.41) is 31.0. The minimum absolute atomic E-state index is 0.500. The zero-order valence-corrected chi connectivity index (χ0v) is 95.0. The van der Waals surface area contributed by atoms with Crippen molar-refractivity contribution in [1.29, 1.82) is 0 Å². The van der Waals surface area contributed by atoms with Crippen LogP contribution < -0.4 is 0 Å². The quantitative estimate of drug-likeness (QED) is 0.112. The Morgan fingerprint density at radius 1 is 0.136 bits per heavy atom. The molecule has 23 rings (SSSR count). The number of hydrogen-bond donors (Lipinski definition) is 0. The lowest BCUT2D eigenvalue weighted by Crippen LogP contribution is -1.93. The Labute approximate surface area is 885 Å². The highest BCUT2D eigenvalue weighted by Gasteiger charge is 2.12. The minimum atomic E-state index is 0.500. The molecule has 0 saturated carbocycles. The van der Waals surface area contributed by atoms with Crippen LogP contribution in [0.5, 0.6) is 0 Å². The summed E-state index contributed by atoms with van der Waals surface area (Å²) in [4.78, 5) is 0. The first-order valence-electron chi connectivity index (χ1n) is 52.5. The van der Waals surface area contributed by atoms with E-state index in [9.17, 15) is 0 Å². The predicted octanol–water partition coefficient (Wildman–Crippen LogP) is 46.6. The van der Waals surface area contributed by atoms with Crippen LogP contribution in [0.4, 0.5) is 0 Å². The average molecular weight is 1950 g/mol. The van der Waals surface area contributed by atoms with Crippen LogP contribution in [0.15, 0.2) is 476 Å². The van der Waals surface area contributed by atoms with Crippen molar-refractivity contribution in [2.75, 3.05) is 0 Å². The maximum atomic E-state index is 5.97. The van der Waals surface area contributed by atoms with Crippen LogP contribution in [-0.4, -0.2) is 0 Å². The van der Waals surface area contributed by atoms with Crippen molar-refractivity contribution >= 4 is 152 Å². The Hall–Kier alpha value is -14.2. The van der Waals surface area contributed by atoms with Crippen molar-refractivity contribution in [2.24, 2.45) is 37.9 Å². The van der Waals surface area contributed by atoms with Gasteiger partial charge in [0.25, 0.3) is 0 Å². The summed E-state index contributed by atoms with van der Waals surface area (Å²) in [6.45, 7) is 67.6. The van der Waals surface area contributed by atoms with Crippen molar-refractivity contribution in [3.63, 3.8) is 0 Å². The third-order valence-electron chi connectivity index (χ3n) is 19.4. The fraction of sp³-hybridized carbons (Fsp3) is 0.269. The lowest BCUT2D eigenvalue weighted by atomic mass is 9.95. The molecule has 147 heavy (non-hydrogen) atoms. The molecule has 0 saturated heterocycles. The SMILES string of the molecule is CC(C)(C)C.CC(C)(C)C.CC(C)(C)C.CC(C)(C)C.CC(C)(C)C.CC(C)(C)C.CC(C)(C)C.CCC.Cc1ccccc1.c1ccc2c(c1)c1ccccc1c1ccccc21.c1ccc2c(c1)ccc1c3ccccc3oc21.c1ccc2c(c1)ccc1ccccc12.c1ccc2c(c1)oc1ccccc12.c1ccc2cc3ccccc3cc2c1.c1ccc2ccccc2c1.c1ccc2ccccc2c1.c1ccccc1. The lowest BCUT2D eigenvalue weighted by Gasteiger charge is -2.09. The molecule has 2 aromatic heterocycles. The number of benzene rings is 21. The predicted molar refractivity (Wildman–Crippen MR) is 664 cm³/mol. The molecule has 0 atom stereocenters. The van der Waals surface area contributed by atoms with E-state index in [2.05, 4.69) is 573 Å². The summed E-state index contributed by atoms with van der Waals surface area (Å²) in [6, 6.07) is 161. The second kappa shape index (κ2) is 59.4. The first-order chi connectivity index (χ1) is 69.5. The summed E-state index contributed by atoms with van der Waals surface area (Å²) < 4.78 is 11.6. The topological polar surface area (TPSA) is 26.3 Å². The second-order valence-corrected chi connectivity index (χ2v) is 48.3. The van der Waals surface area contributed by atoms with E-state index in [-0.39, 0.29) is 0 Å². The Kier molecular flexibility index (Phi) is 48.4. The molecule has 0 aliphatic heterocycles. The van der Waals surface area contributed by atoms with E-state index in [1.54, 1.807) is 0 Å². The highest BCUT2D eigenvalue weighted by Crippen LogP contribution is 2.37. The van der Waals surface area contributed by atoms with Crippen LogP contribution >= 0.6 is 0 Å². The Bertz CT molecular complexity index is 6870. The number of furan rings is 2. The fourth-order valence-electron chi connectivity index (χ4n) is 14.0. The van der Waals surface area contributed by atoms with Crippen LogP contribution in [-0.2, 0) is 0 Å². The van der Waals surface area contributed by atoms with Gasteiger partial charge in [0.2, 0.25) is 0 Å². The second-order valence-electron chi connectivity index (χ2n) is 48.3. The van der Waals surface area contributed by atoms with Gasteiger partial charge in [-0.3, -0.25) is 0 Å². The zero-order chi connectivity index (χ0) is 108. The minimum Gasteiger partial charge on any atom is -0.456 e. The molecular formula is C145H172O2. The van der Waals surface area contributed by atoms with Crippen LogP contribution in [0, 0.1) is 44.8 Å². The lowest BCUT2D eigenvalue weighted by molar-refractivity contribution is 0.469. The van der Waals surface area contributed by atoms with Crippen molar-refractivity contribution in [1.82, 2.24) is 0 Å². The van der Waals surface area contributed by atoms with E-state index in [1.165, 1.54) is 141 Å². The molecule has 0 spiro atoms. The normalized spacial score (nSPS) is 10.9. The van der Waals surface area contributed by atoms with Crippen molar-refractivity contribution in [3.05, 3.63) is 473 Å². The van der Waals surface area contributed by atoms with E-state index in [1.807, 2.05) is 109 Å². The third kappa shape index (κ3) is 48.1. The van der Waals surface area contributed by atoms with Crippen LogP contribution in [0.1, 0.15) is 220 Å². The summed E-state index contributed by atoms with van der Waals surface area (Å²) in [5.74, 6) is 0. The molecule has 23 aromatic rings. The molecular weight excluding hydrogens is 1770 g/mol. The number of hydrogen-bond acceptors (Lipinski definition) is 2. The maximum absolute atomic E-state index is 5.97. The Morgan fingerprint density at radius 3 is 0.510 bits per heavy atom. The summed E-state index contributed by atoms with van der Waals surface area (Å²) in [7, 11) is 0. The first-order valence-corrected chi connectivity index (χ1v) is 52.5. The first kappa shape index (κ1) is 120. The number of aryl methyl sites for hydroxylation is 1. The molecule has 21 aromatic carbocycles. The monoisotopic (exact) mass is 1950 g/mol. The van der Waals surface area contributed by atoms with Gasteiger partial charge in [0.15, 0.2) is 0 Å². The van der Waals surface area contributed by atoms with Gasteiger partial charge in [-0.25, -0.2) is 0 Å². The molecule has 0 bridgehead atoms. The van der Waals surface area contributed by atoms with Crippen molar-refractivity contribution < 1.29 is 8.83 Å². The zero-order valence-electron chi connectivity index (χ0n) is 95.0. The van der Waals surface area contributed by atoms with Gasteiger partial charge >= 0.3 is 0 Å². The Balaban J connectivity index is 0.000000217. The number of fused-ring (bicyclic) bond motifs is 21. The molecule has 0 fully saturated rings. The number of rotatable bonds is 0. The van der Waals surface area contributed by atoms with E-state index < -0.39 is 0 Å². The van der Waals surface area contributed by atoms with Crippen LogP contribution in [0.25, 0.3) is 152 Å². The average Bonchev–Trinajstić information content (AvgIpc) is 1.63. The molecule has 2 heteroatoms. The Morgan fingerprint density at radius 2 is 0.286 bits per heavy atom. The van der Waals surface area contributed by atoms with E-state index in [4.69, 9.17) is 8.83 Å². The maximum Gasteiger partial charge on any atom is 0.143 e. The molecule has 0 radical (unpaired) electrons. The van der Waals surface area contributed by atoms with Gasteiger partial charge in [0.05, 0.1) is 0 Å². The largest absolute Gasteiger partial charge is 0.456 e. The van der Waals surface area contributed by atoms with E-state index >= 15 is 0 Å². The van der Waals surface area contributed by atoms with E-state index in [0.717, 1.165) is 22.3 Å². The molecule has 0 aliphatic rings.